The lowest BCUT2D eigenvalue weighted by atomic mass is 10.1. The van der Waals surface area contributed by atoms with E-state index in [9.17, 15) is 14.0 Å². The standard InChI is InChI=1S/C24H30ClFN2O3/c1-17(23(30)27-24(2,3)4)28(16-18-7-11-20(26)12-8-18)22(29)6-5-15-31-21-13-9-19(25)10-14-21/h7-14,17H,5-6,15-16H2,1-4H3,(H,27,30)/t17-/m1/s1. The van der Waals surface area contributed by atoms with E-state index in [4.69, 9.17) is 16.3 Å². The topological polar surface area (TPSA) is 58.6 Å². The van der Waals surface area contributed by atoms with Crippen molar-refractivity contribution in [2.45, 2.75) is 58.7 Å². The van der Waals surface area contributed by atoms with Crippen LogP contribution in [0.2, 0.25) is 5.02 Å². The molecule has 0 aliphatic heterocycles. The van der Waals surface area contributed by atoms with Crippen LogP contribution in [0.25, 0.3) is 0 Å². The van der Waals surface area contributed by atoms with Gasteiger partial charge in [0, 0.05) is 23.5 Å². The van der Waals surface area contributed by atoms with Gasteiger partial charge in [-0.15, -0.1) is 0 Å². The van der Waals surface area contributed by atoms with Crippen LogP contribution in [0.1, 0.15) is 46.1 Å². The van der Waals surface area contributed by atoms with Gasteiger partial charge in [-0.2, -0.15) is 0 Å². The molecule has 0 heterocycles. The molecule has 7 heteroatoms. The van der Waals surface area contributed by atoms with Gasteiger partial charge in [-0.1, -0.05) is 23.7 Å². The van der Waals surface area contributed by atoms with Crippen LogP contribution in [0.5, 0.6) is 5.75 Å². The first-order valence-electron chi connectivity index (χ1n) is 10.3. The summed E-state index contributed by atoms with van der Waals surface area (Å²) in [5.41, 5.74) is 0.338. The molecule has 2 aromatic rings. The Kier molecular flexibility index (Phi) is 8.87. The summed E-state index contributed by atoms with van der Waals surface area (Å²) < 4.78 is 18.9. The number of carbonyl (C=O) groups is 2. The molecule has 1 atom stereocenters. The predicted octanol–water partition coefficient (Wildman–Crippen LogP) is 4.97. The molecule has 0 unspecified atom stereocenters. The zero-order valence-corrected chi connectivity index (χ0v) is 19.2. The minimum atomic E-state index is -0.672. The van der Waals surface area contributed by atoms with Crippen molar-refractivity contribution in [2.24, 2.45) is 0 Å². The van der Waals surface area contributed by atoms with Gasteiger partial charge in [0.1, 0.15) is 17.6 Å². The Hall–Kier alpha value is -2.60. The average Bonchev–Trinajstić information content (AvgIpc) is 2.70. The van der Waals surface area contributed by atoms with Gasteiger partial charge >= 0.3 is 0 Å². The van der Waals surface area contributed by atoms with Crippen LogP contribution < -0.4 is 10.1 Å². The molecule has 0 spiro atoms. The van der Waals surface area contributed by atoms with Crippen molar-refractivity contribution in [1.29, 1.82) is 0 Å². The lowest BCUT2D eigenvalue weighted by Gasteiger charge is -2.31. The quantitative estimate of drug-likeness (QED) is 0.551. The normalized spacial score (nSPS) is 12.2. The maximum Gasteiger partial charge on any atom is 0.242 e. The van der Waals surface area contributed by atoms with Crippen LogP contribution in [-0.4, -0.2) is 34.9 Å². The number of rotatable bonds is 9. The molecular formula is C24H30ClFN2O3. The first-order chi connectivity index (χ1) is 14.5. The fraction of sp³-hybridized carbons (Fsp3) is 0.417. The van der Waals surface area contributed by atoms with Crippen LogP contribution >= 0.6 is 11.6 Å². The Morgan fingerprint density at radius 2 is 1.71 bits per heavy atom. The zero-order valence-electron chi connectivity index (χ0n) is 18.5. The number of benzene rings is 2. The first kappa shape index (κ1) is 24.7. The van der Waals surface area contributed by atoms with Gasteiger partial charge in [-0.3, -0.25) is 9.59 Å². The van der Waals surface area contributed by atoms with E-state index in [1.54, 1.807) is 43.3 Å². The second-order valence-electron chi connectivity index (χ2n) is 8.47. The Morgan fingerprint density at radius 1 is 1.10 bits per heavy atom. The number of amides is 2. The van der Waals surface area contributed by atoms with Gasteiger partial charge in [-0.05, 0) is 76.1 Å². The molecule has 0 aliphatic rings. The summed E-state index contributed by atoms with van der Waals surface area (Å²) in [6.45, 7) is 7.94. The fourth-order valence-electron chi connectivity index (χ4n) is 2.93. The Labute approximate surface area is 188 Å². The van der Waals surface area contributed by atoms with E-state index in [0.717, 1.165) is 5.56 Å². The number of nitrogens with one attached hydrogen (secondary N) is 1. The van der Waals surface area contributed by atoms with E-state index in [-0.39, 0.29) is 30.6 Å². The van der Waals surface area contributed by atoms with Gasteiger partial charge in [0.2, 0.25) is 11.8 Å². The van der Waals surface area contributed by atoms with Crippen LogP contribution in [-0.2, 0) is 16.1 Å². The predicted molar refractivity (Wildman–Crippen MR) is 120 cm³/mol. The summed E-state index contributed by atoms with van der Waals surface area (Å²) in [7, 11) is 0. The SMILES string of the molecule is C[C@H](C(=O)NC(C)(C)C)N(Cc1ccc(F)cc1)C(=O)CCCOc1ccc(Cl)cc1. The average molecular weight is 449 g/mol. The van der Waals surface area contributed by atoms with Gasteiger partial charge in [0.15, 0.2) is 0 Å². The number of nitrogens with zero attached hydrogens (tertiary/aromatic N) is 1. The van der Waals surface area contributed by atoms with Gasteiger partial charge in [-0.25, -0.2) is 4.39 Å². The molecule has 0 aliphatic carbocycles. The molecule has 2 amide bonds. The molecule has 2 aromatic carbocycles. The van der Waals surface area contributed by atoms with E-state index < -0.39 is 11.6 Å². The van der Waals surface area contributed by atoms with Crippen molar-refractivity contribution in [3.63, 3.8) is 0 Å². The number of hydrogen-bond acceptors (Lipinski definition) is 3. The number of halogens is 2. The lowest BCUT2D eigenvalue weighted by Crippen LogP contribution is -2.52. The van der Waals surface area contributed by atoms with Crippen LogP contribution in [0.4, 0.5) is 4.39 Å². The summed E-state index contributed by atoms with van der Waals surface area (Å²) in [4.78, 5) is 27.2. The molecule has 31 heavy (non-hydrogen) atoms. The van der Waals surface area contributed by atoms with E-state index in [1.165, 1.54) is 17.0 Å². The summed E-state index contributed by atoms with van der Waals surface area (Å²) in [5, 5.41) is 3.54. The molecule has 0 fully saturated rings. The van der Waals surface area contributed by atoms with Crippen molar-refractivity contribution in [1.82, 2.24) is 10.2 Å². The van der Waals surface area contributed by atoms with E-state index in [0.29, 0.717) is 23.8 Å². The van der Waals surface area contributed by atoms with Crippen LogP contribution in [0, 0.1) is 5.82 Å². The molecule has 168 valence electrons. The fourth-order valence-corrected chi connectivity index (χ4v) is 3.06. The van der Waals surface area contributed by atoms with E-state index in [1.807, 2.05) is 20.8 Å². The third kappa shape index (κ3) is 8.58. The Balaban J connectivity index is 2.01. The van der Waals surface area contributed by atoms with E-state index >= 15 is 0 Å². The molecule has 1 N–H and O–H groups in total. The highest BCUT2D eigenvalue weighted by molar-refractivity contribution is 6.30. The number of carbonyl (C=O) groups excluding carboxylic acids is 2. The van der Waals surface area contributed by atoms with Crippen molar-refractivity contribution in [2.75, 3.05) is 6.61 Å². The maximum absolute atomic E-state index is 13.3. The molecular weight excluding hydrogens is 419 g/mol. The maximum atomic E-state index is 13.3. The Morgan fingerprint density at radius 3 is 2.29 bits per heavy atom. The van der Waals surface area contributed by atoms with Crippen molar-refractivity contribution in [3.8, 4) is 5.75 Å². The molecule has 0 radical (unpaired) electrons. The highest BCUT2D eigenvalue weighted by Crippen LogP contribution is 2.17. The third-order valence-electron chi connectivity index (χ3n) is 4.55. The minimum Gasteiger partial charge on any atom is -0.494 e. The second kappa shape index (κ2) is 11.1. The van der Waals surface area contributed by atoms with E-state index in [2.05, 4.69) is 5.32 Å². The summed E-state index contributed by atoms with van der Waals surface area (Å²) >= 11 is 5.86. The zero-order chi connectivity index (χ0) is 23.0. The Bertz CT molecular complexity index is 864. The summed E-state index contributed by atoms with van der Waals surface area (Å²) in [6.07, 6.45) is 0.719. The summed E-state index contributed by atoms with van der Waals surface area (Å²) in [6, 6.07) is 12.3. The molecule has 0 bridgehead atoms. The molecule has 0 saturated carbocycles. The lowest BCUT2D eigenvalue weighted by molar-refractivity contribution is -0.141. The van der Waals surface area contributed by atoms with Crippen molar-refractivity contribution < 1.29 is 18.7 Å². The van der Waals surface area contributed by atoms with Gasteiger partial charge in [0.05, 0.1) is 6.61 Å². The second-order valence-corrected chi connectivity index (χ2v) is 8.91. The molecule has 5 nitrogen and oxygen atoms in total. The minimum absolute atomic E-state index is 0.166. The highest BCUT2D eigenvalue weighted by Gasteiger charge is 2.28. The first-order valence-corrected chi connectivity index (χ1v) is 10.7. The number of hydrogen-bond donors (Lipinski definition) is 1. The van der Waals surface area contributed by atoms with Crippen molar-refractivity contribution in [3.05, 3.63) is 64.9 Å². The van der Waals surface area contributed by atoms with Gasteiger partial charge < -0.3 is 15.0 Å². The van der Waals surface area contributed by atoms with Gasteiger partial charge in [0.25, 0.3) is 0 Å². The third-order valence-corrected chi connectivity index (χ3v) is 4.80. The monoisotopic (exact) mass is 448 g/mol. The molecule has 0 aromatic heterocycles. The summed E-state index contributed by atoms with van der Waals surface area (Å²) in [5.74, 6) is -0.0709. The molecule has 0 saturated heterocycles. The van der Waals surface area contributed by atoms with Crippen molar-refractivity contribution >= 4 is 23.4 Å². The van der Waals surface area contributed by atoms with Crippen LogP contribution in [0.15, 0.2) is 48.5 Å². The molecule has 2 rings (SSSR count). The largest absolute Gasteiger partial charge is 0.494 e. The highest BCUT2D eigenvalue weighted by atomic mass is 35.5. The smallest absolute Gasteiger partial charge is 0.242 e. The van der Waals surface area contributed by atoms with Crippen LogP contribution in [0.3, 0.4) is 0 Å². The number of ether oxygens (including phenoxy) is 1.